The van der Waals surface area contributed by atoms with Gasteiger partial charge in [-0.1, -0.05) is 0 Å². The summed E-state index contributed by atoms with van der Waals surface area (Å²) in [6, 6.07) is 0.758. The summed E-state index contributed by atoms with van der Waals surface area (Å²) in [6.07, 6.45) is 0. The first kappa shape index (κ1) is 13.0. The maximum Gasteiger partial charge on any atom is 0.326 e. The van der Waals surface area contributed by atoms with Crippen LogP contribution >= 0.6 is 0 Å². The number of hydrogen-bond acceptors (Lipinski definition) is 4. The number of carbonyl (C=O) groups is 1. The number of aromatic amines is 2. The van der Waals surface area contributed by atoms with Crippen LogP contribution in [-0.4, -0.2) is 40.1 Å². The van der Waals surface area contributed by atoms with E-state index < -0.39 is 41.9 Å². The largest absolute Gasteiger partial charge is 0.390 e. The molecule has 0 aliphatic heterocycles. The first-order valence-electron chi connectivity index (χ1n) is 4.44. The number of alkyl halides is 2. The molecule has 1 aromatic heterocycles. The summed E-state index contributed by atoms with van der Waals surface area (Å²) in [5.74, 6) is -4.50. The molecule has 0 radical (unpaired) electrons. The number of rotatable bonds is 4. The molecule has 0 atom stereocenters. The van der Waals surface area contributed by atoms with Gasteiger partial charge in [-0.25, -0.2) is 13.6 Å². The van der Waals surface area contributed by atoms with Gasteiger partial charge in [0.05, 0.1) is 6.54 Å². The number of halogens is 2. The third-order valence-electron chi connectivity index (χ3n) is 1.74. The number of carbonyl (C=O) groups excluding carboxylic acids is 1. The van der Waals surface area contributed by atoms with Gasteiger partial charge < -0.3 is 15.4 Å². The maximum atomic E-state index is 12.6. The Morgan fingerprint density at radius 1 is 1.41 bits per heavy atom. The Hall–Kier alpha value is -2.03. The highest BCUT2D eigenvalue weighted by Crippen LogP contribution is 2.09. The van der Waals surface area contributed by atoms with Gasteiger partial charge in [-0.3, -0.25) is 14.6 Å². The molecular weight excluding hydrogens is 240 g/mol. The average Bonchev–Trinajstić information content (AvgIpc) is 2.24. The third-order valence-corrected chi connectivity index (χ3v) is 1.74. The lowest BCUT2D eigenvalue weighted by molar-refractivity contribution is -0.0462. The van der Waals surface area contributed by atoms with Gasteiger partial charge in [-0.2, -0.15) is 0 Å². The Labute approximate surface area is 92.5 Å². The Kier molecular flexibility index (Phi) is 3.73. The lowest BCUT2D eigenvalue weighted by Crippen LogP contribution is -2.40. The normalized spacial score (nSPS) is 11.2. The molecule has 0 fully saturated rings. The van der Waals surface area contributed by atoms with Crippen molar-refractivity contribution in [2.24, 2.45) is 0 Å². The van der Waals surface area contributed by atoms with E-state index in [1.165, 1.54) is 0 Å². The van der Waals surface area contributed by atoms with Crippen molar-refractivity contribution in [3.8, 4) is 0 Å². The maximum absolute atomic E-state index is 12.6. The second-order valence-corrected chi connectivity index (χ2v) is 3.20. The highest BCUT2D eigenvalue weighted by Gasteiger charge is 2.28. The van der Waals surface area contributed by atoms with Crippen LogP contribution in [0.2, 0.25) is 0 Å². The van der Waals surface area contributed by atoms with Crippen LogP contribution in [-0.2, 0) is 0 Å². The van der Waals surface area contributed by atoms with Gasteiger partial charge in [-0.05, 0) is 0 Å². The second kappa shape index (κ2) is 4.87. The topological polar surface area (TPSA) is 115 Å². The fourth-order valence-corrected chi connectivity index (χ4v) is 0.952. The number of amides is 1. The Morgan fingerprint density at radius 2 is 2.06 bits per heavy atom. The van der Waals surface area contributed by atoms with Crippen LogP contribution in [0.15, 0.2) is 15.7 Å². The van der Waals surface area contributed by atoms with Crippen LogP contribution in [0.25, 0.3) is 0 Å². The van der Waals surface area contributed by atoms with Gasteiger partial charge in [0.15, 0.2) is 0 Å². The molecule has 0 aliphatic rings. The first-order valence-corrected chi connectivity index (χ1v) is 4.44. The lowest BCUT2D eigenvalue weighted by Gasteiger charge is -2.13. The SMILES string of the molecule is O=C(NCC(F)(F)CO)c1cc(=O)[nH]c(=O)[nH]1. The zero-order valence-corrected chi connectivity index (χ0v) is 8.42. The number of nitrogens with one attached hydrogen (secondary N) is 3. The summed E-state index contributed by atoms with van der Waals surface area (Å²) in [5.41, 5.74) is -2.18. The van der Waals surface area contributed by atoms with E-state index in [-0.39, 0.29) is 0 Å². The standard InChI is InChI=1S/C8H9F2N3O4/c9-8(10,3-14)2-11-6(16)4-1-5(15)13-7(17)12-4/h1,14H,2-3H2,(H,11,16)(H2,12,13,15,17). The van der Waals surface area contributed by atoms with Gasteiger partial charge >= 0.3 is 5.69 Å². The summed E-state index contributed by atoms with van der Waals surface area (Å²) >= 11 is 0. The van der Waals surface area contributed by atoms with Gasteiger partial charge in [-0.15, -0.1) is 0 Å². The van der Waals surface area contributed by atoms with Crippen LogP contribution in [0, 0.1) is 0 Å². The van der Waals surface area contributed by atoms with Crippen molar-refractivity contribution in [1.82, 2.24) is 15.3 Å². The average molecular weight is 249 g/mol. The van der Waals surface area contributed by atoms with Crippen molar-refractivity contribution in [3.63, 3.8) is 0 Å². The van der Waals surface area contributed by atoms with Crippen molar-refractivity contribution in [2.45, 2.75) is 5.92 Å². The molecular formula is C8H9F2N3O4. The number of aliphatic hydroxyl groups is 1. The third kappa shape index (κ3) is 3.79. The van der Waals surface area contributed by atoms with Crippen molar-refractivity contribution in [2.75, 3.05) is 13.2 Å². The molecule has 9 heteroatoms. The van der Waals surface area contributed by atoms with Gasteiger partial charge in [0.2, 0.25) is 0 Å². The molecule has 1 aromatic rings. The summed E-state index contributed by atoms with van der Waals surface area (Å²) in [5, 5.41) is 10.0. The zero-order chi connectivity index (χ0) is 13.1. The van der Waals surface area contributed by atoms with Crippen LogP contribution in [0.1, 0.15) is 10.5 Å². The summed E-state index contributed by atoms with van der Waals surface area (Å²) < 4.78 is 25.2. The molecule has 0 bridgehead atoms. The molecule has 1 rings (SSSR count). The van der Waals surface area contributed by atoms with Crippen LogP contribution in [0.5, 0.6) is 0 Å². The molecule has 0 aromatic carbocycles. The van der Waals surface area contributed by atoms with Crippen molar-refractivity contribution in [3.05, 3.63) is 32.6 Å². The minimum Gasteiger partial charge on any atom is -0.390 e. The second-order valence-electron chi connectivity index (χ2n) is 3.20. The summed E-state index contributed by atoms with van der Waals surface area (Å²) in [4.78, 5) is 36.7. The highest BCUT2D eigenvalue weighted by atomic mass is 19.3. The molecule has 1 amide bonds. The van der Waals surface area contributed by atoms with E-state index in [4.69, 9.17) is 5.11 Å². The minimum absolute atomic E-state index is 0.438. The first-order chi connectivity index (χ1) is 7.84. The predicted molar refractivity (Wildman–Crippen MR) is 52.0 cm³/mol. The fourth-order valence-electron chi connectivity index (χ4n) is 0.952. The molecule has 0 saturated heterocycles. The monoisotopic (exact) mass is 249 g/mol. The molecule has 7 nitrogen and oxygen atoms in total. The van der Waals surface area contributed by atoms with Crippen molar-refractivity contribution < 1.29 is 18.7 Å². The number of aliphatic hydroxyl groups excluding tert-OH is 1. The van der Waals surface area contributed by atoms with E-state index >= 15 is 0 Å². The van der Waals surface area contributed by atoms with E-state index in [0.717, 1.165) is 6.07 Å². The van der Waals surface area contributed by atoms with Crippen molar-refractivity contribution in [1.29, 1.82) is 0 Å². The zero-order valence-electron chi connectivity index (χ0n) is 8.42. The van der Waals surface area contributed by atoms with E-state index in [1.54, 1.807) is 5.32 Å². The molecule has 4 N–H and O–H groups in total. The molecule has 17 heavy (non-hydrogen) atoms. The van der Waals surface area contributed by atoms with E-state index in [1.807, 2.05) is 9.97 Å². The molecule has 0 aliphatic carbocycles. The molecule has 1 heterocycles. The Balaban J connectivity index is 2.77. The fraction of sp³-hybridized carbons (Fsp3) is 0.375. The van der Waals surface area contributed by atoms with Crippen LogP contribution in [0.4, 0.5) is 8.78 Å². The summed E-state index contributed by atoms with van der Waals surface area (Å²) in [6.45, 7) is -2.52. The number of H-pyrrole nitrogens is 2. The van der Waals surface area contributed by atoms with Gasteiger partial charge in [0, 0.05) is 6.07 Å². The summed E-state index contributed by atoms with van der Waals surface area (Å²) in [7, 11) is 0. The Bertz CT molecular complexity index is 494. The molecule has 94 valence electrons. The van der Waals surface area contributed by atoms with Gasteiger partial charge in [0.25, 0.3) is 17.4 Å². The van der Waals surface area contributed by atoms with E-state index in [2.05, 4.69) is 0 Å². The number of aromatic nitrogens is 2. The Morgan fingerprint density at radius 3 is 2.59 bits per heavy atom. The minimum atomic E-state index is -3.46. The molecule has 0 saturated carbocycles. The van der Waals surface area contributed by atoms with Gasteiger partial charge in [0.1, 0.15) is 12.3 Å². The van der Waals surface area contributed by atoms with Crippen LogP contribution < -0.4 is 16.6 Å². The predicted octanol–water partition coefficient (Wildman–Crippen LogP) is -1.58. The van der Waals surface area contributed by atoms with Crippen LogP contribution in [0.3, 0.4) is 0 Å². The lowest BCUT2D eigenvalue weighted by atomic mass is 10.3. The van der Waals surface area contributed by atoms with Crippen molar-refractivity contribution >= 4 is 5.91 Å². The van der Waals surface area contributed by atoms with E-state index in [9.17, 15) is 23.2 Å². The highest BCUT2D eigenvalue weighted by molar-refractivity contribution is 5.92. The molecule has 0 spiro atoms. The quantitative estimate of drug-likeness (QED) is 0.515. The smallest absolute Gasteiger partial charge is 0.326 e. The number of hydrogen-bond donors (Lipinski definition) is 4. The molecule has 0 unspecified atom stereocenters. The van der Waals surface area contributed by atoms with E-state index in [0.29, 0.717) is 0 Å².